The van der Waals surface area contributed by atoms with Crippen molar-refractivity contribution >= 4 is 23.3 Å². The lowest BCUT2D eigenvalue weighted by Gasteiger charge is -2.35. The fourth-order valence-corrected chi connectivity index (χ4v) is 1.96. The van der Waals surface area contributed by atoms with E-state index < -0.39 is 5.91 Å². The molecule has 0 radical (unpaired) electrons. The van der Waals surface area contributed by atoms with Gasteiger partial charge in [0, 0.05) is 12.6 Å². The predicted molar refractivity (Wildman–Crippen MR) is 64.6 cm³/mol. The van der Waals surface area contributed by atoms with Crippen molar-refractivity contribution in [3.05, 3.63) is 17.0 Å². The highest BCUT2D eigenvalue weighted by Gasteiger charge is 2.24. The lowest BCUT2D eigenvalue weighted by atomic mass is 10.2. The van der Waals surface area contributed by atoms with Crippen LogP contribution in [0.4, 0.5) is 5.82 Å². The number of nitrogens with zero attached hydrogens (tertiary/aromatic N) is 3. The van der Waals surface area contributed by atoms with Crippen molar-refractivity contribution in [2.45, 2.75) is 6.04 Å². The minimum atomic E-state index is -0.672. The van der Waals surface area contributed by atoms with Gasteiger partial charge in [-0.25, -0.2) is 9.97 Å². The van der Waals surface area contributed by atoms with Crippen LogP contribution in [0.25, 0.3) is 0 Å². The topological polar surface area (TPSA) is 102 Å². The molecule has 3 N–H and O–H groups in total. The van der Waals surface area contributed by atoms with E-state index >= 15 is 0 Å². The van der Waals surface area contributed by atoms with Crippen molar-refractivity contribution in [1.29, 1.82) is 0 Å². The number of hydrogen-bond donors (Lipinski definition) is 2. The Morgan fingerprint density at radius 3 is 3.11 bits per heavy atom. The summed E-state index contributed by atoms with van der Waals surface area (Å²) in [4.78, 5) is 20.7. The number of aromatic nitrogens is 2. The Bertz CT molecular complexity index is 457. The molecule has 1 aromatic heterocycles. The van der Waals surface area contributed by atoms with E-state index in [1.165, 1.54) is 6.07 Å². The van der Waals surface area contributed by atoms with Crippen molar-refractivity contribution in [3.8, 4) is 0 Å². The van der Waals surface area contributed by atoms with Crippen molar-refractivity contribution < 1.29 is 14.6 Å². The van der Waals surface area contributed by atoms with Crippen LogP contribution in [0.3, 0.4) is 0 Å². The highest BCUT2D eigenvalue weighted by Crippen LogP contribution is 2.19. The molecule has 18 heavy (non-hydrogen) atoms. The summed E-state index contributed by atoms with van der Waals surface area (Å²) >= 11 is 5.75. The Balaban J connectivity index is 2.33. The van der Waals surface area contributed by atoms with E-state index in [-0.39, 0.29) is 23.6 Å². The average molecular weight is 273 g/mol. The lowest BCUT2D eigenvalue weighted by molar-refractivity contribution is 0.0722. The number of hydrogen-bond acceptors (Lipinski definition) is 6. The molecular formula is C10H13ClN4O3. The average Bonchev–Trinajstić information content (AvgIpc) is 2.38. The number of anilines is 1. The molecule has 1 atom stereocenters. The molecule has 0 bridgehead atoms. The normalized spacial score (nSPS) is 19.9. The number of halogens is 1. The Morgan fingerprint density at radius 2 is 2.44 bits per heavy atom. The minimum Gasteiger partial charge on any atom is -0.394 e. The Kier molecular flexibility index (Phi) is 3.95. The number of carbonyl (C=O) groups is 1. The molecule has 0 aromatic carbocycles. The number of morpholine rings is 1. The monoisotopic (exact) mass is 272 g/mol. The smallest absolute Gasteiger partial charge is 0.267 e. The van der Waals surface area contributed by atoms with Gasteiger partial charge >= 0.3 is 0 Å². The third kappa shape index (κ3) is 2.69. The van der Waals surface area contributed by atoms with Crippen LogP contribution in [-0.2, 0) is 4.74 Å². The van der Waals surface area contributed by atoms with Gasteiger partial charge in [0.2, 0.25) is 5.28 Å². The highest BCUT2D eigenvalue weighted by molar-refractivity contribution is 6.28. The number of rotatable bonds is 3. The molecule has 1 unspecified atom stereocenters. The number of nitrogens with two attached hydrogens (primary N) is 1. The second-order valence-corrected chi connectivity index (χ2v) is 4.19. The van der Waals surface area contributed by atoms with E-state index in [1.54, 1.807) is 0 Å². The van der Waals surface area contributed by atoms with Gasteiger partial charge in [0.15, 0.2) is 0 Å². The predicted octanol–water partition coefficient (Wildman–Crippen LogP) is -0.574. The largest absolute Gasteiger partial charge is 0.394 e. The maximum atomic E-state index is 11.1. The zero-order valence-electron chi connectivity index (χ0n) is 9.54. The van der Waals surface area contributed by atoms with Crippen LogP contribution >= 0.6 is 11.6 Å². The quantitative estimate of drug-likeness (QED) is 0.714. The first-order valence-corrected chi connectivity index (χ1v) is 5.79. The van der Waals surface area contributed by atoms with Gasteiger partial charge in [0.1, 0.15) is 11.5 Å². The molecule has 0 aliphatic carbocycles. The van der Waals surface area contributed by atoms with Gasteiger partial charge in [0.25, 0.3) is 5.91 Å². The van der Waals surface area contributed by atoms with E-state index in [1.807, 2.05) is 4.90 Å². The van der Waals surface area contributed by atoms with Crippen molar-refractivity contribution in [2.75, 3.05) is 31.3 Å². The molecule has 1 fully saturated rings. The fourth-order valence-electron chi connectivity index (χ4n) is 1.79. The third-order valence-electron chi connectivity index (χ3n) is 2.67. The summed E-state index contributed by atoms with van der Waals surface area (Å²) in [5.74, 6) is -0.208. The van der Waals surface area contributed by atoms with E-state index in [0.29, 0.717) is 25.6 Å². The minimum absolute atomic E-state index is 0.0492. The zero-order chi connectivity index (χ0) is 13.1. The molecule has 1 aliphatic heterocycles. The zero-order valence-corrected chi connectivity index (χ0v) is 10.3. The number of amides is 1. The Hall–Kier alpha value is -1.44. The number of carbonyl (C=O) groups excluding carboxylic acids is 1. The van der Waals surface area contributed by atoms with Crippen LogP contribution in [0, 0.1) is 0 Å². The second-order valence-electron chi connectivity index (χ2n) is 3.85. The summed E-state index contributed by atoms with van der Waals surface area (Å²) in [7, 11) is 0. The molecular weight excluding hydrogens is 260 g/mol. The van der Waals surface area contributed by atoms with E-state index in [2.05, 4.69) is 9.97 Å². The van der Waals surface area contributed by atoms with E-state index in [4.69, 9.17) is 22.1 Å². The van der Waals surface area contributed by atoms with Crippen LogP contribution in [-0.4, -0.2) is 53.4 Å². The van der Waals surface area contributed by atoms with Gasteiger partial charge in [-0.3, -0.25) is 4.79 Å². The summed E-state index contributed by atoms with van der Waals surface area (Å²) in [6, 6.07) is 1.24. The van der Waals surface area contributed by atoms with Crippen molar-refractivity contribution in [1.82, 2.24) is 9.97 Å². The molecule has 2 rings (SSSR count). The second kappa shape index (κ2) is 5.47. The standard InChI is InChI=1S/C10H13ClN4O3/c11-10-13-7(9(12)17)3-8(14-10)15-1-2-18-5-6(15)4-16/h3,6,16H,1-2,4-5H2,(H2,12,17). The third-order valence-corrected chi connectivity index (χ3v) is 2.84. The fraction of sp³-hybridized carbons (Fsp3) is 0.500. The maximum Gasteiger partial charge on any atom is 0.267 e. The lowest BCUT2D eigenvalue weighted by Crippen LogP contribution is -2.48. The van der Waals surface area contributed by atoms with Gasteiger partial charge in [-0.15, -0.1) is 0 Å². The molecule has 1 amide bonds. The molecule has 0 spiro atoms. The van der Waals surface area contributed by atoms with Crippen LogP contribution in [0.1, 0.15) is 10.5 Å². The first-order chi connectivity index (χ1) is 8.61. The summed E-state index contributed by atoms with van der Waals surface area (Å²) in [5, 5.41) is 9.23. The maximum absolute atomic E-state index is 11.1. The van der Waals surface area contributed by atoms with E-state index in [0.717, 1.165) is 0 Å². The van der Waals surface area contributed by atoms with E-state index in [9.17, 15) is 9.90 Å². The van der Waals surface area contributed by atoms with Crippen LogP contribution in [0.2, 0.25) is 5.28 Å². The summed E-state index contributed by atoms with van der Waals surface area (Å²) in [6.07, 6.45) is 0. The number of primary amides is 1. The van der Waals surface area contributed by atoms with Crippen LogP contribution in [0.15, 0.2) is 6.07 Å². The van der Waals surface area contributed by atoms with Crippen molar-refractivity contribution in [2.24, 2.45) is 5.73 Å². The molecule has 0 saturated carbocycles. The molecule has 8 heteroatoms. The van der Waals surface area contributed by atoms with Crippen LogP contribution in [0.5, 0.6) is 0 Å². The summed E-state index contributed by atoms with van der Waals surface area (Å²) in [6.45, 7) is 1.39. The molecule has 1 aromatic rings. The van der Waals surface area contributed by atoms with Gasteiger partial charge in [-0.1, -0.05) is 0 Å². The number of aliphatic hydroxyl groups excluding tert-OH is 1. The van der Waals surface area contributed by atoms with Crippen molar-refractivity contribution in [3.63, 3.8) is 0 Å². The first kappa shape index (κ1) is 13.0. The van der Waals surface area contributed by atoms with Gasteiger partial charge < -0.3 is 20.5 Å². The SMILES string of the molecule is NC(=O)c1cc(N2CCOCC2CO)nc(Cl)n1. The van der Waals surface area contributed by atoms with Gasteiger partial charge in [-0.2, -0.15) is 0 Å². The van der Waals surface area contributed by atoms with Gasteiger partial charge in [-0.05, 0) is 11.6 Å². The molecule has 98 valence electrons. The molecule has 1 saturated heterocycles. The Labute approximate surface area is 109 Å². The summed E-state index contributed by atoms with van der Waals surface area (Å²) in [5.41, 5.74) is 5.22. The molecule has 2 heterocycles. The highest BCUT2D eigenvalue weighted by atomic mass is 35.5. The Morgan fingerprint density at radius 1 is 1.67 bits per heavy atom. The van der Waals surface area contributed by atoms with Crippen LogP contribution < -0.4 is 10.6 Å². The van der Waals surface area contributed by atoms with Gasteiger partial charge in [0.05, 0.1) is 25.9 Å². The first-order valence-electron chi connectivity index (χ1n) is 5.41. The molecule has 7 nitrogen and oxygen atoms in total. The number of ether oxygens (including phenoxy) is 1. The molecule has 1 aliphatic rings. The summed E-state index contributed by atoms with van der Waals surface area (Å²) < 4.78 is 5.26. The number of aliphatic hydroxyl groups is 1.